The highest BCUT2D eigenvalue weighted by molar-refractivity contribution is 5.64. The van der Waals surface area contributed by atoms with Gasteiger partial charge >= 0.3 is 0 Å². The molecule has 0 aliphatic carbocycles. The maximum atomic E-state index is 5.94. The van der Waals surface area contributed by atoms with Gasteiger partial charge in [-0.15, -0.1) is 0 Å². The molecule has 0 aliphatic rings. The Balaban J connectivity index is 1.54. The van der Waals surface area contributed by atoms with Crippen LogP contribution in [0.15, 0.2) is 72.8 Å². The first-order chi connectivity index (χ1) is 13.7. The smallest absolute Gasteiger partial charge is 0.0550 e. The van der Waals surface area contributed by atoms with Crippen molar-refractivity contribution in [1.29, 1.82) is 0 Å². The van der Waals surface area contributed by atoms with Crippen molar-refractivity contribution in [3.05, 3.63) is 83.9 Å². The van der Waals surface area contributed by atoms with E-state index in [0.29, 0.717) is 11.4 Å². The van der Waals surface area contributed by atoms with Gasteiger partial charge in [0.25, 0.3) is 0 Å². The fourth-order valence-electron chi connectivity index (χ4n) is 3.50. The monoisotopic (exact) mass is 373 g/mol. The normalized spacial score (nSPS) is 11.1. The first-order valence-electron chi connectivity index (χ1n) is 10.2. The molecule has 0 amide bonds. The summed E-state index contributed by atoms with van der Waals surface area (Å²) in [7, 11) is 0. The van der Waals surface area contributed by atoms with Crippen LogP contribution in [0.3, 0.4) is 0 Å². The number of anilines is 2. The highest BCUT2D eigenvalue weighted by atomic mass is 15.1. The molecule has 0 aliphatic heterocycles. The molecule has 3 rings (SSSR count). The summed E-state index contributed by atoms with van der Waals surface area (Å²) in [5, 5.41) is 0. The van der Waals surface area contributed by atoms with Gasteiger partial charge in [-0.3, -0.25) is 0 Å². The van der Waals surface area contributed by atoms with Crippen molar-refractivity contribution in [2.24, 2.45) is 0 Å². The van der Waals surface area contributed by atoms with Crippen molar-refractivity contribution in [1.82, 2.24) is 4.90 Å². The lowest BCUT2D eigenvalue weighted by molar-refractivity contribution is 0.281. The van der Waals surface area contributed by atoms with Crippen molar-refractivity contribution in [2.45, 2.75) is 26.2 Å². The molecule has 0 fully saturated rings. The van der Waals surface area contributed by atoms with Gasteiger partial charge in [-0.2, -0.15) is 0 Å². The number of nitrogen functional groups attached to an aromatic ring is 2. The fraction of sp³-hybridized carbons (Fsp3) is 0.280. The van der Waals surface area contributed by atoms with Gasteiger partial charge in [-0.05, 0) is 60.2 Å². The van der Waals surface area contributed by atoms with Crippen molar-refractivity contribution >= 4 is 11.4 Å². The number of rotatable bonds is 9. The second kappa shape index (κ2) is 9.95. The largest absolute Gasteiger partial charge is 0.397 e. The quantitative estimate of drug-likeness (QED) is 0.518. The Bertz CT molecular complexity index is 857. The summed E-state index contributed by atoms with van der Waals surface area (Å²) in [6.45, 7) is 5.47. The van der Waals surface area contributed by atoms with Crippen LogP contribution in [0.2, 0.25) is 0 Å². The maximum Gasteiger partial charge on any atom is 0.0550 e. The second-order valence-corrected chi connectivity index (χ2v) is 7.37. The Labute approximate surface area is 169 Å². The Kier molecular flexibility index (Phi) is 7.10. The Morgan fingerprint density at radius 3 is 1.89 bits per heavy atom. The number of benzene rings is 3. The highest BCUT2D eigenvalue weighted by Crippen LogP contribution is 2.20. The summed E-state index contributed by atoms with van der Waals surface area (Å²) in [5.41, 5.74) is 18.3. The third-order valence-electron chi connectivity index (χ3n) is 5.19. The van der Waals surface area contributed by atoms with Crippen molar-refractivity contribution in [3.8, 4) is 11.1 Å². The first-order valence-corrected chi connectivity index (χ1v) is 10.2. The van der Waals surface area contributed by atoms with Crippen LogP contribution >= 0.6 is 0 Å². The predicted octanol–water partition coefficient (Wildman–Crippen LogP) is 5.02. The van der Waals surface area contributed by atoms with E-state index in [4.69, 9.17) is 11.5 Å². The first kappa shape index (κ1) is 20.0. The average Bonchev–Trinajstić information content (AvgIpc) is 2.73. The predicted molar refractivity (Wildman–Crippen MR) is 121 cm³/mol. The third kappa shape index (κ3) is 5.61. The molecule has 0 atom stereocenters. The molecule has 0 radical (unpaired) electrons. The zero-order valence-corrected chi connectivity index (χ0v) is 16.8. The van der Waals surface area contributed by atoms with Crippen LogP contribution in [0.4, 0.5) is 11.4 Å². The number of nitrogens with zero attached hydrogens (tertiary/aromatic N) is 1. The zero-order chi connectivity index (χ0) is 19.8. The Morgan fingerprint density at radius 1 is 0.643 bits per heavy atom. The summed E-state index contributed by atoms with van der Waals surface area (Å²) in [6.07, 6.45) is 3.23. The van der Waals surface area contributed by atoms with E-state index in [1.807, 2.05) is 12.1 Å². The summed E-state index contributed by atoms with van der Waals surface area (Å²) in [4.78, 5) is 2.54. The van der Waals surface area contributed by atoms with E-state index in [9.17, 15) is 0 Å². The highest BCUT2D eigenvalue weighted by Gasteiger charge is 2.06. The minimum Gasteiger partial charge on any atom is -0.397 e. The minimum absolute atomic E-state index is 0.660. The average molecular weight is 374 g/mol. The van der Waals surface area contributed by atoms with E-state index < -0.39 is 0 Å². The number of hydrogen-bond acceptors (Lipinski definition) is 3. The molecule has 3 heteroatoms. The van der Waals surface area contributed by atoms with Crippen LogP contribution in [-0.4, -0.2) is 24.5 Å². The molecule has 146 valence electrons. The molecule has 0 unspecified atom stereocenters. The van der Waals surface area contributed by atoms with E-state index in [0.717, 1.165) is 38.9 Å². The SMILES string of the molecule is CCCN(CCc1ccc(-c2ccccc2)cc1)CCc1ccc(N)c(N)c1. The molecule has 3 aromatic carbocycles. The summed E-state index contributed by atoms with van der Waals surface area (Å²) >= 11 is 0. The van der Waals surface area contributed by atoms with Gasteiger partial charge in [0.1, 0.15) is 0 Å². The van der Waals surface area contributed by atoms with Gasteiger partial charge in [-0.25, -0.2) is 0 Å². The standard InChI is InChI=1S/C25H31N3/c1-2-16-28(18-15-21-10-13-24(26)25(27)19-21)17-14-20-8-11-23(12-9-20)22-6-4-3-5-7-22/h3-13,19H,2,14-18,26-27H2,1H3. The van der Waals surface area contributed by atoms with E-state index in [1.165, 1.54) is 22.3 Å². The summed E-state index contributed by atoms with van der Waals surface area (Å²) < 4.78 is 0. The van der Waals surface area contributed by atoms with Crippen molar-refractivity contribution in [3.63, 3.8) is 0 Å². The maximum absolute atomic E-state index is 5.94. The number of hydrogen-bond donors (Lipinski definition) is 2. The topological polar surface area (TPSA) is 55.3 Å². The van der Waals surface area contributed by atoms with Crippen LogP contribution in [0.25, 0.3) is 11.1 Å². The molecule has 3 aromatic rings. The molecule has 0 bridgehead atoms. The lowest BCUT2D eigenvalue weighted by Crippen LogP contribution is -2.29. The molecule has 28 heavy (non-hydrogen) atoms. The molecule has 0 heterocycles. The second-order valence-electron chi connectivity index (χ2n) is 7.37. The van der Waals surface area contributed by atoms with Gasteiger partial charge in [0, 0.05) is 13.1 Å². The third-order valence-corrected chi connectivity index (χ3v) is 5.19. The number of nitrogens with two attached hydrogens (primary N) is 2. The van der Waals surface area contributed by atoms with Gasteiger partial charge in [-0.1, -0.05) is 67.6 Å². The van der Waals surface area contributed by atoms with Gasteiger partial charge < -0.3 is 16.4 Å². The van der Waals surface area contributed by atoms with Crippen LogP contribution in [0.5, 0.6) is 0 Å². The van der Waals surface area contributed by atoms with Crippen molar-refractivity contribution < 1.29 is 0 Å². The molecule has 0 aromatic heterocycles. The lowest BCUT2D eigenvalue weighted by Gasteiger charge is -2.22. The fourth-order valence-corrected chi connectivity index (χ4v) is 3.50. The van der Waals surface area contributed by atoms with Crippen LogP contribution < -0.4 is 11.5 Å². The van der Waals surface area contributed by atoms with Gasteiger partial charge in [0.2, 0.25) is 0 Å². The molecular weight excluding hydrogens is 342 g/mol. The van der Waals surface area contributed by atoms with Crippen LogP contribution in [0, 0.1) is 0 Å². The molecule has 0 saturated heterocycles. The minimum atomic E-state index is 0.660. The van der Waals surface area contributed by atoms with Gasteiger partial charge in [0.05, 0.1) is 11.4 Å². The van der Waals surface area contributed by atoms with Gasteiger partial charge in [0.15, 0.2) is 0 Å². The zero-order valence-electron chi connectivity index (χ0n) is 16.8. The summed E-state index contributed by atoms with van der Waals surface area (Å²) in [5.74, 6) is 0. The summed E-state index contributed by atoms with van der Waals surface area (Å²) in [6, 6.07) is 25.5. The van der Waals surface area contributed by atoms with E-state index >= 15 is 0 Å². The van der Waals surface area contributed by atoms with Crippen molar-refractivity contribution in [2.75, 3.05) is 31.1 Å². The lowest BCUT2D eigenvalue weighted by atomic mass is 10.0. The van der Waals surface area contributed by atoms with E-state index in [-0.39, 0.29) is 0 Å². The molecule has 4 N–H and O–H groups in total. The molecule has 3 nitrogen and oxygen atoms in total. The molecular formula is C25H31N3. The Morgan fingerprint density at radius 2 is 1.25 bits per heavy atom. The van der Waals surface area contributed by atoms with E-state index in [1.54, 1.807) is 0 Å². The molecule has 0 spiro atoms. The molecule has 0 saturated carbocycles. The van der Waals surface area contributed by atoms with E-state index in [2.05, 4.69) is 72.5 Å². The van der Waals surface area contributed by atoms with Crippen LogP contribution in [0.1, 0.15) is 24.5 Å². The Hall–Kier alpha value is -2.78. The van der Waals surface area contributed by atoms with Crippen LogP contribution in [-0.2, 0) is 12.8 Å².